The molecule has 2 aromatic carbocycles. The number of hydrogen-bond donors (Lipinski definition) is 4. The van der Waals surface area contributed by atoms with E-state index in [1.54, 1.807) is 10.7 Å². The first-order valence-corrected chi connectivity index (χ1v) is 8.62. The summed E-state index contributed by atoms with van der Waals surface area (Å²) in [5, 5.41) is 17.9. The van der Waals surface area contributed by atoms with Crippen molar-refractivity contribution in [3.8, 4) is 0 Å². The van der Waals surface area contributed by atoms with Crippen LogP contribution in [-0.2, 0) is 19.1 Å². The van der Waals surface area contributed by atoms with Crippen molar-refractivity contribution in [3.63, 3.8) is 0 Å². The number of aliphatic hydroxyl groups is 1. The number of nitrogens with zero attached hydrogens (tertiary/aromatic N) is 3. The Hall–Kier alpha value is -3.04. The summed E-state index contributed by atoms with van der Waals surface area (Å²) in [6.07, 6.45) is 0. The first-order chi connectivity index (χ1) is 13.3. The van der Waals surface area contributed by atoms with Crippen LogP contribution in [0, 0.1) is 13.8 Å². The highest BCUT2D eigenvalue weighted by Crippen LogP contribution is 2.32. The molecule has 0 fully saturated rings. The number of hydrazine groups is 1. The zero-order valence-electron chi connectivity index (χ0n) is 15.6. The zero-order chi connectivity index (χ0) is 20.5. The van der Waals surface area contributed by atoms with Crippen LogP contribution < -0.4 is 17.1 Å². The van der Waals surface area contributed by atoms with Crippen molar-refractivity contribution in [3.05, 3.63) is 64.3 Å². The summed E-state index contributed by atoms with van der Waals surface area (Å²) in [6, 6.07) is 9.88. The molecule has 0 amide bonds. The molecule has 0 atom stereocenters. The molecule has 1 aromatic heterocycles. The number of fused-ring (bicyclic) bond motifs is 1. The van der Waals surface area contributed by atoms with Crippen molar-refractivity contribution in [2.45, 2.75) is 32.9 Å². The number of aromatic nitrogens is 2. The fourth-order valence-electron chi connectivity index (χ4n) is 3.29. The van der Waals surface area contributed by atoms with Crippen molar-refractivity contribution < 1.29 is 13.9 Å². The van der Waals surface area contributed by atoms with Crippen LogP contribution in [-0.4, -0.2) is 20.7 Å². The van der Waals surface area contributed by atoms with Gasteiger partial charge in [0.1, 0.15) is 0 Å². The second-order valence-electron chi connectivity index (χ2n) is 6.54. The molecule has 28 heavy (non-hydrogen) atoms. The SMILES string of the molecule is Cc1cccc(CO)c1Cn1nc(C)c2ccc(C(F)(F)/C(=N/N)NN)cc21. The Bertz CT molecular complexity index is 1040. The van der Waals surface area contributed by atoms with Gasteiger partial charge in [0.2, 0.25) is 5.84 Å². The van der Waals surface area contributed by atoms with Crippen LogP contribution in [0.25, 0.3) is 10.9 Å². The van der Waals surface area contributed by atoms with Crippen molar-refractivity contribution >= 4 is 16.7 Å². The lowest BCUT2D eigenvalue weighted by Crippen LogP contribution is -2.43. The smallest absolute Gasteiger partial charge is 0.332 e. The van der Waals surface area contributed by atoms with Crippen LogP contribution in [0.15, 0.2) is 41.5 Å². The number of aryl methyl sites for hydroxylation is 2. The predicted octanol–water partition coefficient (Wildman–Crippen LogP) is 2.02. The molecule has 3 aromatic rings. The van der Waals surface area contributed by atoms with E-state index in [-0.39, 0.29) is 12.2 Å². The average molecular weight is 388 g/mol. The topological polar surface area (TPSA) is 114 Å². The molecule has 7 nitrogen and oxygen atoms in total. The summed E-state index contributed by atoms with van der Waals surface area (Å²) in [6.45, 7) is 3.98. The number of rotatable bonds is 5. The third kappa shape index (κ3) is 3.30. The van der Waals surface area contributed by atoms with Gasteiger partial charge in [-0.15, -0.1) is 0 Å². The van der Waals surface area contributed by atoms with E-state index in [0.29, 0.717) is 17.8 Å². The lowest BCUT2D eigenvalue weighted by atomic mass is 10.0. The quantitative estimate of drug-likeness (QED) is 0.231. The summed E-state index contributed by atoms with van der Waals surface area (Å²) < 4.78 is 31.0. The van der Waals surface area contributed by atoms with Gasteiger partial charge in [-0.2, -0.15) is 19.0 Å². The van der Waals surface area contributed by atoms with Gasteiger partial charge in [-0.25, -0.2) is 5.84 Å². The van der Waals surface area contributed by atoms with E-state index in [4.69, 9.17) is 11.7 Å². The molecule has 0 spiro atoms. The standard InChI is InChI=1S/C19H22F2N6O/c1-11-4-3-5-13(10-28)16(11)9-27-17-8-14(6-7-15(17)12(2)26-27)19(20,21)18(24-22)25-23/h3-8,28H,9-10,22-23H2,1-2H3,(H,24,25). The number of benzene rings is 2. The summed E-state index contributed by atoms with van der Waals surface area (Å²) in [5.41, 5.74) is 5.45. The van der Waals surface area contributed by atoms with E-state index in [9.17, 15) is 13.9 Å². The number of hydrazone groups is 1. The van der Waals surface area contributed by atoms with Crippen molar-refractivity contribution in [1.82, 2.24) is 15.2 Å². The Kier molecular flexibility index (Phi) is 5.30. The molecule has 1 heterocycles. The van der Waals surface area contributed by atoms with Gasteiger partial charge >= 0.3 is 5.92 Å². The molecule has 0 bridgehead atoms. The minimum atomic E-state index is -3.49. The van der Waals surface area contributed by atoms with Crippen LogP contribution in [0.1, 0.15) is 27.9 Å². The number of nitrogens with one attached hydrogen (secondary N) is 1. The first kappa shape index (κ1) is 19.7. The minimum Gasteiger partial charge on any atom is -0.392 e. The highest BCUT2D eigenvalue weighted by atomic mass is 19.3. The molecule has 0 aliphatic rings. The molecule has 9 heteroatoms. The lowest BCUT2D eigenvalue weighted by molar-refractivity contribution is 0.0714. The van der Waals surface area contributed by atoms with Gasteiger partial charge in [0.05, 0.1) is 24.4 Å². The van der Waals surface area contributed by atoms with Crippen molar-refractivity contribution in [1.29, 1.82) is 0 Å². The summed E-state index contributed by atoms with van der Waals surface area (Å²) in [7, 11) is 0. The number of aliphatic hydroxyl groups excluding tert-OH is 1. The first-order valence-electron chi connectivity index (χ1n) is 8.62. The Morgan fingerprint density at radius 1 is 1.29 bits per heavy atom. The van der Waals surface area contributed by atoms with Crippen LogP contribution in [0.2, 0.25) is 0 Å². The number of nitrogens with two attached hydrogens (primary N) is 2. The van der Waals surface area contributed by atoms with E-state index in [0.717, 1.165) is 22.1 Å². The molecule has 148 valence electrons. The van der Waals surface area contributed by atoms with Crippen LogP contribution >= 0.6 is 0 Å². The van der Waals surface area contributed by atoms with Gasteiger partial charge < -0.3 is 16.4 Å². The van der Waals surface area contributed by atoms with Gasteiger partial charge in [0.25, 0.3) is 0 Å². The fourth-order valence-corrected chi connectivity index (χ4v) is 3.29. The molecule has 0 saturated carbocycles. The number of alkyl halides is 2. The molecular weight excluding hydrogens is 366 g/mol. The molecule has 0 radical (unpaired) electrons. The van der Waals surface area contributed by atoms with E-state index in [1.165, 1.54) is 12.1 Å². The van der Waals surface area contributed by atoms with Gasteiger partial charge in [0, 0.05) is 10.9 Å². The summed E-state index contributed by atoms with van der Waals surface area (Å²) in [5.74, 6) is 5.83. The third-order valence-electron chi connectivity index (χ3n) is 4.85. The zero-order valence-corrected chi connectivity index (χ0v) is 15.6. The maximum absolute atomic E-state index is 14.7. The number of halogens is 2. The van der Waals surface area contributed by atoms with Crippen LogP contribution in [0.5, 0.6) is 0 Å². The van der Waals surface area contributed by atoms with E-state index >= 15 is 0 Å². The minimum absolute atomic E-state index is 0.114. The van der Waals surface area contributed by atoms with Crippen molar-refractivity contribution in [2.75, 3.05) is 0 Å². The van der Waals surface area contributed by atoms with Gasteiger partial charge in [0.15, 0.2) is 0 Å². The van der Waals surface area contributed by atoms with E-state index < -0.39 is 11.8 Å². The molecule has 0 unspecified atom stereocenters. The molecule has 0 aliphatic carbocycles. The molecule has 3 rings (SSSR count). The van der Waals surface area contributed by atoms with Crippen molar-refractivity contribution in [2.24, 2.45) is 16.8 Å². The van der Waals surface area contributed by atoms with Gasteiger partial charge in [-0.05, 0) is 36.6 Å². The molecule has 6 N–H and O–H groups in total. The third-order valence-corrected chi connectivity index (χ3v) is 4.85. The largest absolute Gasteiger partial charge is 0.392 e. The van der Waals surface area contributed by atoms with Gasteiger partial charge in [-0.1, -0.05) is 30.3 Å². The second kappa shape index (κ2) is 7.53. The Labute approximate surface area is 160 Å². The lowest BCUT2D eigenvalue weighted by Gasteiger charge is -2.18. The molecular formula is C19H22F2N6O. The maximum Gasteiger partial charge on any atom is 0.332 e. The Morgan fingerprint density at radius 2 is 2.04 bits per heavy atom. The average Bonchev–Trinajstić information content (AvgIpc) is 2.99. The maximum atomic E-state index is 14.7. The normalized spacial score (nSPS) is 12.6. The predicted molar refractivity (Wildman–Crippen MR) is 104 cm³/mol. The highest BCUT2D eigenvalue weighted by molar-refractivity contribution is 5.91. The van der Waals surface area contributed by atoms with E-state index in [2.05, 4.69) is 10.2 Å². The molecule has 0 saturated heterocycles. The molecule has 0 aliphatic heterocycles. The number of hydrogen-bond acceptors (Lipinski definition) is 5. The Morgan fingerprint density at radius 3 is 2.68 bits per heavy atom. The Balaban J connectivity index is 2.13. The fraction of sp³-hybridized carbons (Fsp3) is 0.263. The van der Waals surface area contributed by atoms with Crippen LogP contribution in [0.4, 0.5) is 8.78 Å². The summed E-state index contributed by atoms with van der Waals surface area (Å²) >= 11 is 0. The monoisotopic (exact) mass is 388 g/mol. The van der Waals surface area contributed by atoms with Crippen LogP contribution in [0.3, 0.4) is 0 Å². The second-order valence-corrected chi connectivity index (χ2v) is 6.54. The number of amidine groups is 1. The van der Waals surface area contributed by atoms with E-state index in [1.807, 2.05) is 37.5 Å². The highest BCUT2D eigenvalue weighted by Gasteiger charge is 2.39. The summed E-state index contributed by atoms with van der Waals surface area (Å²) in [4.78, 5) is 0. The van der Waals surface area contributed by atoms with Gasteiger partial charge in [-0.3, -0.25) is 4.68 Å².